The number of hydrogen-bond donors (Lipinski definition) is 1. The van der Waals surface area contributed by atoms with Gasteiger partial charge >= 0.3 is 0 Å². The van der Waals surface area contributed by atoms with Crippen LogP contribution in [0.15, 0.2) is 24.3 Å². The van der Waals surface area contributed by atoms with Gasteiger partial charge < -0.3 is 10.2 Å². The highest BCUT2D eigenvalue weighted by atomic mass is 16.2. The van der Waals surface area contributed by atoms with Gasteiger partial charge in [-0.25, -0.2) is 0 Å². The fraction of sp³-hybridized carbons (Fsp3) is 0.562. The summed E-state index contributed by atoms with van der Waals surface area (Å²) in [5.41, 5.74) is 2.09. The minimum atomic E-state index is -0.297. The summed E-state index contributed by atoms with van der Waals surface area (Å²) < 4.78 is 0. The fourth-order valence-corrected chi connectivity index (χ4v) is 4.80. The predicted molar refractivity (Wildman–Crippen MR) is 75.3 cm³/mol. The third kappa shape index (κ3) is 1.15. The third-order valence-electron chi connectivity index (χ3n) is 5.63. The molecule has 1 amide bonds. The molecule has 1 N–H and O–H groups in total. The SMILES string of the molecule is CN1C(=O)[C@]2(CCNC23CCCC3)c2ccccc21. The number of nitrogens with zero attached hydrogens (tertiary/aromatic N) is 1. The highest BCUT2D eigenvalue weighted by Gasteiger charge is 2.65. The van der Waals surface area contributed by atoms with Crippen LogP contribution >= 0.6 is 0 Å². The van der Waals surface area contributed by atoms with E-state index in [9.17, 15) is 4.79 Å². The second kappa shape index (κ2) is 3.60. The number of likely N-dealkylation sites (N-methyl/N-ethyl adjacent to an activating group) is 1. The van der Waals surface area contributed by atoms with Crippen molar-refractivity contribution in [3.8, 4) is 0 Å². The molecule has 2 heterocycles. The molecule has 1 aromatic rings. The number of para-hydroxylation sites is 1. The van der Waals surface area contributed by atoms with Crippen molar-refractivity contribution < 1.29 is 4.79 Å². The van der Waals surface area contributed by atoms with Crippen LogP contribution in [-0.2, 0) is 10.2 Å². The van der Waals surface area contributed by atoms with Crippen LogP contribution in [0.3, 0.4) is 0 Å². The molecule has 0 unspecified atom stereocenters. The van der Waals surface area contributed by atoms with Crippen LogP contribution in [0.1, 0.15) is 37.7 Å². The van der Waals surface area contributed by atoms with Gasteiger partial charge in [0.1, 0.15) is 0 Å². The summed E-state index contributed by atoms with van der Waals surface area (Å²) in [6, 6.07) is 8.37. The van der Waals surface area contributed by atoms with Crippen LogP contribution in [-0.4, -0.2) is 25.0 Å². The quantitative estimate of drug-likeness (QED) is 0.772. The lowest BCUT2D eigenvalue weighted by molar-refractivity contribution is -0.124. The second-order valence-electron chi connectivity index (χ2n) is 6.25. The van der Waals surface area contributed by atoms with E-state index >= 15 is 0 Å². The van der Waals surface area contributed by atoms with Gasteiger partial charge in [-0.05, 0) is 37.4 Å². The molecule has 3 nitrogen and oxygen atoms in total. The Morgan fingerprint density at radius 3 is 2.68 bits per heavy atom. The second-order valence-corrected chi connectivity index (χ2v) is 6.25. The zero-order valence-electron chi connectivity index (χ0n) is 11.4. The van der Waals surface area contributed by atoms with E-state index in [1.54, 1.807) is 0 Å². The standard InChI is InChI=1S/C16H20N2O/c1-18-13-7-3-2-6-12(13)16(14(18)19)10-11-17-15(16)8-4-5-9-15/h2-3,6-7,17H,4-5,8-11H2,1H3/t16-/m0/s1. The Kier molecular flexibility index (Phi) is 2.17. The molecule has 1 atom stereocenters. The van der Waals surface area contributed by atoms with Crippen molar-refractivity contribution in [3.05, 3.63) is 29.8 Å². The van der Waals surface area contributed by atoms with Gasteiger partial charge in [-0.15, -0.1) is 0 Å². The molecule has 1 aromatic carbocycles. The number of hydrogen-bond acceptors (Lipinski definition) is 2. The summed E-state index contributed by atoms with van der Waals surface area (Å²) in [5, 5.41) is 3.71. The Hall–Kier alpha value is -1.35. The molecule has 19 heavy (non-hydrogen) atoms. The highest BCUT2D eigenvalue weighted by molar-refractivity contribution is 6.09. The molecule has 1 aliphatic carbocycles. The van der Waals surface area contributed by atoms with Gasteiger partial charge in [0.2, 0.25) is 5.91 Å². The van der Waals surface area contributed by atoms with E-state index in [-0.39, 0.29) is 11.0 Å². The van der Waals surface area contributed by atoms with E-state index in [4.69, 9.17) is 0 Å². The summed E-state index contributed by atoms with van der Waals surface area (Å²) in [5.74, 6) is 0.306. The van der Waals surface area contributed by atoms with Crippen LogP contribution in [0.5, 0.6) is 0 Å². The van der Waals surface area contributed by atoms with Gasteiger partial charge in [-0.3, -0.25) is 4.79 Å². The first-order valence-corrected chi connectivity index (χ1v) is 7.34. The summed E-state index contributed by atoms with van der Waals surface area (Å²) in [7, 11) is 1.93. The van der Waals surface area contributed by atoms with Crippen molar-refractivity contribution in [1.82, 2.24) is 5.32 Å². The number of fused-ring (bicyclic) bond motifs is 3. The smallest absolute Gasteiger partial charge is 0.239 e. The first-order valence-electron chi connectivity index (χ1n) is 7.34. The average molecular weight is 256 g/mol. The number of anilines is 1. The van der Waals surface area contributed by atoms with E-state index in [0.29, 0.717) is 5.91 Å². The first-order chi connectivity index (χ1) is 9.21. The van der Waals surface area contributed by atoms with E-state index in [2.05, 4.69) is 23.5 Å². The maximum absolute atomic E-state index is 13.0. The molecule has 1 saturated carbocycles. The van der Waals surface area contributed by atoms with Crippen molar-refractivity contribution in [3.63, 3.8) is 0 Å². The monoisotopic (exact) mass is 256 g/mol. The van der Waals surface area contributed by atoms with E-state index in [1.165, 1.54) is 18.4 Å². The van der Waals surface area contributed by atoms with Crippen LogP contribution in [0.25, 0.3) is 0 Å². The van der Waals surface area contributed by atoms with Crippen molar-refractivity contribution in [2.45, 2.75) is 43.1 Å². The van der Waals surface area contributed by atoms with Gasteiger partial charge in [-0.2, -0.15) is 0 Å². The summed E-state index contributed by atoms with van der Waals surface area (Å²) in [6.07, 6.45) is 5.72. The minimum absolute atomic E-state index is 0.0188. The van der Waals surface area contributed by atoms with Crippen molar-refractivity contribution >= 4 is 11.6 Å². The molecule has 1 saturated heterocycles. The van der Waals surface area contributed by atoms with E-state index < -0.39 is 0 Å². The molecule has 3 heteroatoms. The van der Waals surface area contributed by atoms with Gasteiger partial charge in [0.05, 0.1) is 5.41 Å². The molecule has 100 valence electrons. The number of benzene rings is 1. The highest BCUT2D eigenvalue weighted by Crippen LogP contribution is 2.57. The number of carbonyl (C=O) groups excluding carboxylic acids is 1. The van der Waals surface area contributed by atoms with Gasteiger partial charge in [0, 0.05) is 18.3 Å². The van der Waals surface area contributed by atoms with Crippen LogP contribution < -0.4 is 10.2 Å². The molecule has 3 aliphatic rings. The molecule has 4 rings (SSSR count). The lowest BCUT2D eigenvalue weighted by atomic mass is 9.65. The molecule has 2 aliphatic heterocycles. The van der Waals surface area contributed by atoms with Gasteiger partial charge in [0.25, 0.3) is 0 Å². The predicted octanol–water partition coefficient (Wildman–Crippen LogP) is 2.21. The van der Waals surface area contributed by atoms with E-state index in [1.807, 2.05) is 18.0 Å². The molecular weight excluding hydrogens is 236 g/mol. The summed E-state index contributed by atoms with van der Waals surface area (Å²) in [4.78, 5) is 14.9. The van der Waals surface area contributed by atoms with Crippen molar-refractivity contribution in [2.75, 3.05) is 18.5 Å². The number of amides is 1. The van der Waals surface area contributed by atoms with Crippen molar-refractivity contribution in [1.29, 1.82) is 0 Å². The van der Waals surface area contributed by atoms with Crippen LogP contribution in [0.2, 0.25) is 0 Å². The lowest BCUT2D eigenvalue weighted by Gasteiger charge is -2.39. The minimum Gasteiger partial charge on any atom is -0.314 e. The first kappa shape index (κ1) is 11.5. The van der Waals surface area contributed by atoms with Crippen LogP contribution in [0, 0.1) is 0 Å². The zero-order valence-corrected chi connectivity index (χ0v) is 11.4. The number of carbonyl (C=O) groups is 1. The molecule has 0 aromatic heterocycles. The molecular formula is C16H20N2O. The summed E-state index contributed by atoms with van der Waals surface area (Å²) in [6.45, 7) is 0.966. The van der Waals surface area contributed by atoms with Gasteiger partial charge in [0.15, 0.2) is 0 Å². The molecule has 0 radical (unpaired) electrons. The Morgan fingerprint density at radius 2 is 1.89 bits per heavy atom. The molecule has 2 spiro atoms. The Labute approximate surface area is 114 Å². The normalized spacial score (nSPS) is 31.6. The van der Waals surface area contributed by atoms with Crippen molar-refractivity contribution in [2.24, 2.45) is 0 Å². The Balaban J connectivity index is 1.97. The maximum Gasteiger partial charge on any atom is 0.239 e. The largest absolute Gasteiger partial charge is 0.314 e. The lowest BCUT2D eigenvalue weighted by Crippen LogP contribution is -2.57. The average Bonchev–Trinajstić information content (AvgIpc) is 3.11. The Morgan fingerprint density at radius 1 is 1.16 bits per heavy atom. The fourth-order valence-electron chi connectivity index (χ4n) is 4.80. The number of rotatable bonds is 0. The molecule has 2 fully saturated rings. The Bertz CT molecular complexity index is 542. The summed E-state index contributed by atoms with van der Waals surface area (Å²) >= 11 is 0. The number of nitrogens with one attached hydrogen (secondary N) is 1. The van der Waals surface area contributed by atoms with Gasteiger partial charge in [-0.1, -0.05) is 31.0 Å². The van der Waals surface area contributed by atoms with E-state index in [0.717, 1.165) is 31.5 Å². The van der Waals surface area contributed by atoms with Crippen LogP contribution in [0.4, 0.5) is 5.69 Å². The zero-order chi connectivity index (χ0) is 13.1. The third-order valence-corrected chi connectivity index (χ3v) is 5.63. The topological polar surface area (TPSA) is 32.3 Å². The maximum atomic E-state index is 13.0. The molecule has 0 bridgehead atoms.